The monoisotopic (exact) mass is 328 g/mol. The summed E-state index contributed by atoms with van der Waals surface area (Å²) in [6.07, 6.45) is 6.42. The maximum absolute atomic E-state index is 5.78. The zero-order chi connectivity index (χ0) is 16.2. The number of nitrogens with zero attached hydrogens (tertiary/aromatic N) is 2. The first-order valence-corrected chi connectivity index (χ1v) is 9.42. The molecule has 0 aliphatic carbocycles. The average Bonchev–Trinajstić information content (AvgIpc) is 3.04. The second kappa shape index (κ2) is 7.53. The van der Waals surface area contributed by atoms with Gasteiger partial charge < -0.3 is 20.0 Å². The molecule has 0 radical (unpaired) electrons. The van der Waals surface area contributed by atoms with Gasteiger partial charge in [0.15, 0.2) is 5.58 Å². The Labute approximate surface area is 143 Å². The Morgan fingerprint density at radius 1 is 1.12 bits per heavy atom. The van der Waals surface area contributed by atoms with Crippen LogP contribution in [0, 0.1) is 5.92 Å². The SMILES string of the molecule is c1ccc2oc(NC3CCN(CCC4CCNCC4)CC3)nc2c1. The Morgan fingerprint density at radius 2 is 1.92 bits per heavy atom. The summed E-state index contributed by atoms with van der Waals surface area (Å²) in [7, 11) is 0. The van der Waals surface area contributed by atoms with Gasteiger partial charge in [-0.15, -0.1) is 0 Å². The summed E-state index contributed by atoms with van der Waals surface area (Å²) in [5, 5.41) is 6.94. The molecule has 0 saturated carbocycles. The zero-order valence-corrected chi connectivity index (χ0v) is 14.3. The summed E-state index contributed by atoms with van der Waals surface area (Å²) in [6, 6.07) is 9.09. The number of rotatable bonds is 5. The van der Waals surface area contributed by atoms with Crippen LogP contribution in [0.3, 0.4) is 0 Å². The van der Waals surface area contributed by atoms with Crippen LogP contribution >= 0.6 is 0 Å². The van der Waals surface area contributed by atoms with Crippen molar-refractivity contribution in [1.29, 1.82) is 0 Å². The van der Waals surface area contributed by atoms with Gasteiger partial charge in [-0.05, 0) is 69.8 Å². The molecular formula is C19H28N4O. The number of fused-ring (bicyclic) bond motifs is 1. The third-order valence-electron chi connectivity index (χ3n) is 5.52. The van der Waals surface area contributed by atoms with Crippen LogP contribution in [0.1, 0.15) is 32.1 Å². The van der Waals surface area contributed by atoms with Gasteiger partial charge in [0.1, 0.15) is 5.52 Å². The van der Waals surface area contributed by atoms with Gasteiger partial charge >= 0.3 is 0 Å². The lowest BCUT2D eigenvalue weighted by atomic mass is 9.94. The Morgan fingerprint density at radius 3 is 2.71 bits per heavy atom. The number of hydrogen-bond acceptors (Lipinski definition) is 5. The Balaban J connectivity index is 1.22. The van der Waals surface area contributed by atoms with E-state index in [0.717, 1.165) is 17.0 Å². The molecule has 5 nitrogen and oxygen atoms in total. The molecule has 0 amide bonds. The van der Waals surface area contributed by atoms with Gasteiger partial charge in [0, 0.05) is 19.1 Å². The van der Waals surface area contributed by atoms with E-state index in [-0.39, 0.29) is 0 Å². The molecule has 5 heteroatoms. The lowest BCUT2D eigenvalue weighted by Gasteiger charge is -2.33. The number of oxazole rings is 1. The van der Waals surface area contributed by atoms with Crippen LogP contribution < -0.4 is 10.6 Å². The molecular weight excluding hydrogens is 300 g/mol. The van der Waals surface area contributed by atoms with Crippen molar-refractivity contribution in [3.05, 3.63) is 24.3 Å². The number of benzene rings is 1. The first-order valence-electron chi connectivity index (χ1n) is 9.42. The maximum atomic E-state index is 5.78. The molecule has 0 atom stereocenters. The normalized spacial score (nSPS) is 21.3. The molecule has 2 saturated heterocycles. The molecule has 1 aromatic carbocycles. The lowest BCUT2D eigenvalue weighted by molar-refractivity contribution is 0.195. The molecule has 2 aliphatic rings. The van der Waals surface area contributed by atoms with Crippen LogP contribution in [-0.2, 0) is 0 Å². The molecule has 130 valence electrons. The summed E-state index contributed by atoms with van der Waals surface area (Å²) >= 11 is 0. The van der Waals surface area contributed by atoms with Crippen LogP contribution in [0.5, 0.6) is 0 Å². The number of likely N-dealkylation sites (tertiary alicyclic amines) is 1. The van der Waals surface area contributed by atoms with Crippen molar-refractivity contribution in [2.45, 2.75) is 38.1 Å². The van der Waals surface area contributed by atoms with Crippen molar-refractivity contribution in [2.24, 2.45) is 5.92 Å². The molecule has 3 heterocycles. The second-order valence-electron chi connectivity index (χ2n) is 7.23. The van der Waals surface area contributed by atoms with E-state index < -0.39 is 0 Å². The summed E-state index contributed by atoms with van der Waals surface area (Å²) in [6.45, 7) is 6.05. The van der Waals surface area contributed by atoms with Gasteiger partial charge in [0.05, 0.1) is 0 Å². The molecule has 2 aromatic rings. The standard InChI is InChI=1S/C19H28N4O/c1-2-4-18-17(3-1)22-19(24-18)21-16-8-13-23(14-9-16)12-7-15-5-10-20-11-6-15/h1-4,15-16,20H,5-14H2,(H,21,22). The minimum absolute atomic E-state index is 0.480. The van der Waals surface area contributed by atoms with Crippen LogP contribution in [-0.4, -0.2) is 48.6 Å². The highest BCUT2D eigenvalue weighted by Crippen LogP contribution is 2.22. The van der Waals surface area contributed by atoms with Crippen LogP contribution in [0.15, 0.2) is 28.7 Å². The van der Waals surface area contributed by atoms with E-state index in [1.165, 1.54) is 64.8 Å². The lowest BCUT2D eigenvalue weighted by Crippen LogP contribution is -2.40. The van der Waals surface area contributed by atoms with E-state index in [1.54, 1.807) is 0 Å². The van der Waals surface area contributed by atoms with Crippen molar-refractivity contribution >= 4 is 17.1 Å². The molecule has 24 heavy (non-hydrogen) atoms. The molecule has 4 rings (SSSR count). The number of nitrogens with one attached hydrogen (secondary N) is 2. The largest absolute Gasteiger partial charge is 0.424 e. The van der Waals surface area contributed by atoms with Crippen molar-refractivity contribution in [1.82, 2.24) is 15.2 Å². The third-order valence-corrected chi connectivity index (χ3v) is 5.52. The van der Waals surface area contributed by atoms with Gasteiger partial charge in [0.25, 0.3) is 6.01 Å². The summed E-state index contributed by atoms with van der Waals surface area (Å²) in [4.78, 5) is 7.16. The van der Waals surface area contributed by atoms with Crippen LogP contribution in [0.2, 0.25) is 0 Å². The summed E-state index contributed by atoms with van der Waals surface area (Å²) in [5.41, 5.74) is 1.79. The quantitative estimate of drug-likeness (QED) is 0.883. The van der Waals surface area contributed by atoms with Gasteiger partial charge in [0.2, 0.25) is 0 Å². The van der Waals surface area contributed by atoms with Gasteiger partial charge in [-0.25, -0.2) is 0 Å². The average molecular weight is 328 g/mol. The summed E-state index contributed by atoms with van der Waals surface area (Å²) < 4.78 is 5.78. The highest BCUT2D eigenvalue weighted by atomic mass is 16.4. The number of hydrogen-bond donors (Lipinski definition) is 2. The molecule has 2 aliphatic heterocycles. The highest BCUT2D eigenvalue weighted by molar-refractivity contribution is 5.74. The second-order valence-corrected chi connectivity index (χ2v) is 7.23. The molecule has 0 unspecified atom stereocenters. The zero-order valence-electron chi connectivity index (χ0n) is 14.3. The summed E-state index contributed by atoms with van der Waals surface area (Å²) in [5.74, 6) is 0.932. The fraction of sp³-hybridized carbons (Fsp3) is 0.632. The van der Waals surface area contributed by atoms with Crippen LogP contribution in [0.4, 0.5) is 6.01 Å². The predicted octanol–water partition coefficient (Wildman–Crippen LogP) is 3.09. The van der Waals surface area contributed by atoms with E-state index in [9.17, 15) is 0 Å². The third kappa shape index (κ3) is 3.90. The van der Waals surface area contributed by atoms with E-state index in [1.807, 2.05) is 24.3 Å². The van der Waals surface area contributed by atoms with Gasteiger partial charge in [-0.1, -0.05) is 12.1 Å². The van der Waals surface area contributed by atoms with Crippen molar-refractivity contribution in [3.8, 4) is 0 Å². The number of anilines is 1. The van der Waals surface area contributed by atoms with E-state index >= 15 is 0 Å². The topological polar surface area (TPSA) is 53.3 Å². The molecule has 1 aromatic heterocycles. The Bertz CT molecular complexity index is 609. The Kier molecular flexibility index (Phi) is 4.99. The van der Waals surface area contributed by atoms with Crippen LogP contribution in [0.25, 0.3) is 11.1 Å². The highest BCUT2D eigenvalue weighted by Gasteiger charge is 2.21. The van der Waals surface area contributed by atoms with Crippen molar-refractivity contribution in [2.75, 3.05) is 38.0 Å². The van der Waals surface area contributed by atoms with Gasteiger partial charge in [-0.2, -0.15) is 4.98 Å². The first kappa shape index (κ1) is 15.9. The van der Waals surface area contributed by atoms with Crippen molar-refractivity contribution in [3.63, 3.8) is 0 Å². The number of piperidine rings is 2. The fourth-order valence-electron chi connectivity index (χ4n) is 3.95. The Hall–Kier alpha value is -1.59. The van der Waals surface area contributed by atoms with E-state index in [4.69, 9.17) is 4.42 Å². The smallest absolute Gasteiger partial charge is 0.295 e. The van der Waals surface area contributed by atoms with E-state index in [2.05, 4.69) is 20.5 Å². The number of para-hydroxylation sites is 2. The molecule has 2 N–H and O–H groups in total. The molecule has 0 spiro atoms. The van der Waals surface area contributed by atoms with E-state index in [0.29, 0.717) is 12.1 Å². The first-order chi connectivity index (χ1) is 11.9. The molecule has 0 bridgehead atoms. The maximum Gasteiger partial charge on any atom is 0.295 e. The van der Waals surface area contributed by atoms with Gasteiger partial charge in [-0.3, -0.25) is 0 Å². The predicted molar refractivity (Wildman–Crippen MR) is 97.3 cm³/mol. The minimum Gasteiger partial charge on any atom is -0.424 e. The number of aromatic nitrogens is 1. The molecule has 2 fully saturated rings. The fourth-order valence-corrected chi connectivity index (χ4v) is 3.95. The minimum atomic E-state index is 0.480. The van der Waals surface area contributed by atoms with Crippen molar-refractivity contribution < 1.29 is 4.42 Å².